The number of nitriles is 1. The number of nitrogens with zero attached hydrogens (tertiary/aromatic N) is 1. The second-order valence-corrected chi connectivity index (χ2v) is 9.78. The first kappa shape index (κ1) is 23.6. The molecule has 2 heterocycles. The lowest BCUT2D eigenvalue weighted by atomic mass is 9.87. The lowest BCUT2D eigenvalue weighted by Crippen LogP contribution is -2.51. The van der Waals surface area contributed by atoms with Crippen molar-refractivity contribution in [1.29, 1.82) is 5.26 Å². The van der Waals surface area contributed by atoms with Crippen LogP contribution in [0.15, 0.2) is 24.3 Å². The number of hydrogen-bond acceptors (Lipinski definition) is 4. The Morgan fingerprint density at radius 2 is 2.06 bits per heavy atom. The van der Waals surface area contributed by atoms with Gasteiger partial charge < -0.3 is 20.9 Å². The van der Waals surface area contributed by atoms with E-state index in [1.165, 1.54) is 0 Å². The molecule has 3 rings (SSSR count). The fraction of sp³-hybridized carbons (Fsp3) is 0.478. The second-order valence-electron chi connectivity index (χ2n) is 9.38. The summed E-state index contributed by atoms with van der Waals surface area (Å²) in [5.74, 6) is -1.29. The molecule has 0 bridgehead atoms. The van der Waals surface area contributed by atoms with Crippen molar-refractivity contribution in [3.63, 3.8) is 0 Å². The van der Waals surface area contributed by atoms with E-state index in [-0.39, 0.29) is 23.7 Å². The smallest absolute Gasteiger partial charge is 0.268 e. The molecule has 1 saturated heterocycles. The highest BCUT2D eigenvalue weighted by Crippen LogP contribution is 2.25. The summed E-state index contributed by atoms with van der Waals surface area (Å²) in [5.41, 5.74) is 0.755. The van der Waals surface area contributed by atoms with Crippen molar-refractivity contribution in [3.8, 4) is 6.07 Å². The van der Waals surface area contributed by atoms with Crippen molar-refractivity contribution in [2.45, 2.75) is 52.1 Å². The molecule has 0 spiro atoms. The molecule has 0 unspecified atom stereocenters. The SMILES string of the molecule is CC(C)(C)C[C@H](NC(=O)c1cc2c(Cl)cccc2[nH]1)C(=O)N[C@H](C#N)C[C@@H]1CCNC1=O. The first-order chi connectivity index (χ1) is 15.1. The molecule has 0 radical (unpaired) electrons. The maximum atomic E-state index is 13.0. The Balaban J connectivity index is 1.73. The fourth-order valence-corrected chi connectivity index (χ4v) is 4.10. The van der Waals surface area contributed by atoms with Crippen molar-refractivity contribution in [1.82, 2.24) is 20.9 Å². The van der Waals surface area contributed by atoms with Crippen LogP contribution in [0.25, 0.3) is 10.9 Å². The maximum Gasteiger partial charge on any atom is 0.268 e. The Morgan fingerprint density at radius 3 is 2.66 bits per heavy atom. The third-order valence-corrected chi connectivity index (χ3v) is 5.78. The number of hydrogen-bond donors (Lipinski definition) is 4. The highest BCUT2D eigenvalue weighted by Gasteiger charge is 2.31. The number of aromatic nitrogens is 1. The van der Waals surface area contributed by atoms with Crippen LogP contribution < -0.4 is 16.0 Å². The third kappa shape index (κ3) is 5.80. The van der Waals surface area contributed by atoms with Crippen molar-refractivity contribution in [2.75, 3.05) is 6.54 Å². The predicted molar refractivity (Wildman–Crippen MR) is 122 cm³/mol. The Labute approximate surface area is 192 Å². The van der Waals surface area contributed by atoms with E-state index in [0.717, 1.165) is 10.9 Å². The molecular weight excluding hydrogens is 430 g/mol. The van der Waals surface area contributed by atoms with E-state index in [4.69, 9.17) is 11.6 Å². The minimum absolute atomic E-state index is 0.100. The molecule has 8 nitrogen and oxygen atoms in total. The molecule has 170 valence electrons. The summed E-state index contributed by atoms with van der Waals surface area (Å²) < 4.78 is 0. The molecule has 9 heteroatoms. The van der Waals surface area contributed by atoms with Gasteiger partial charge in [-0.25, -0.2) is 0 Å². The Bertz CT molecular complexity index is 1070. The van der Waals surface area contributed by atoms with Crippen LogP contribution in [0.2, 0.25) is 5.02 Å². The minimum Gasteiger partial charge on any atom is -0.356 e. The van der Waals surface area contributed by atoms with Crippen molar-refractivity contribution in [3.05, 3.63) is 35.0 Å². The normalized spacial score (nSPS) is 18.0. The summed E-state index contributed by atoms with van der Waals surface area (Å²) in [6, 6.07) is 7.38. The van der Waals surface area contributed by atoms with Crippen molar-refractivity contribution < 1.29 is 14.4 Å². The first-order valence-electron chi connectivity index (χ1n) is 10.6. The summed E-state index contributed by atoms with van der Waals surface area (Å²) in [4.78, 5) is 40.8. The minimum atomic E-state index is -0.849. The number of amides is 3. The van der Waals surface area contributed by atoms with Crippen LogP contribution in [0, 0.1) is 22.7 Å². The average molecular weight is 458 g/mol. The van der Waals surface area contributed by atoms with Gasteiger partial charge in [-0.1, -0.05) is 38.4 Å². The highest BCUT2D eigenvalue weighted by atomic mass is 35.5. The summed E-state index contributed by atoms with van der Waals surface area (Å²) in [7, 11) is 0. The number of fused-ring (bicyclic) bond motifs is 1. The quantitative estimate of drug-likeness (QED) is 0.509. The van der Waals surface area contributed by atoms with Gasteiger partial charge in [0.15, 0.2) is 0 Å². The molecule has 3 atom stereocenters. The van der Waals surface area contributed by atoms with E-state index in [0.29, 0.717) is 30.1 Å². The molecule has 1 fully saturated rings. The third-order valence-electron chi connectivity index (χ3n) is 5.45. The van der Waals surface area contributed by atoms with E-state index in [1.54, 1.807) is 18.2 Å². The molecule has 4 N–H and O–H groups in total. The first-order valence-corrected chi connectivity index (χ1v) is 11.0. The predicted octanol–water partition coefficient (Wildman–Crippen LogP) is 2.89. The number of H-pyrrole nitrogens is 1. The molecule has 0 saturated carbocycles. The van der Waals surface area contributed by atoms with Gasteiger partial charge in [0.05, 0.1) is 6.07 Å². The summed E-state index contributed by atoms with van der Waals surface area (Å²) >= 11 is 6.20. The van der Waals surface area contributed by atoms with E-state index >= 15 is 0 Å². The van der Waals surface area contributed by atoms with Crippen LogP contribution in [0.4, 0.5) is 0 Å². The van der Waals surface area contributed by atoms with E-state index in [1.807, 2.05) is 26.8 Å². The summed E-state index contributed by atoms with van der Waals surface area (Å²) in [5, 5.41) is 19.0. The van der Waals surface area contributed by atoms with Crippen LogP contribution in [0.5, 0.6) is 0 Å². The van der Waals surface area contributed by atoms with Gasteiger partial charge in [-0.2, -0.15) is 5.26 Å². The number of aromatic amines is 1. The summed E-state index contributed by atoms with van der Waals surface area (Å²) in [6.07, 6.45) is 1.25. The van der Waals surface area contributed by atoms with Crippen LogP contribution in [0.1, 0.15) is 50.5 Å². The molecule has 2 aromatic rings. The largest absolute Gasteiger partial charge is 0.356 e. The number of nitrogens with one attached hydrogen (secondary N) is 4. The lowest BCUT2D eigenvalue weighted by Gasteiger charge is -2.27. The van der Waals surface area contributed by atoms with Gasteiger partial charge >= 0.3 is 0 Å². The van der Waals surface area contributed by atoms with Crippen LogP contribution in [-0.2, 0) is 9.59 Å². The van der Waals surface area contributed by atoms with Gasteiger partial charge in [-0.15, -0.1) is 0 Å². The molecule has 1 aliphatic rings. The Hall–Kier alpha value is -3.05. The van der Waals surface area contributed by atoms with E-state index in [9.17, 15) is 19.6 Å². The molecule has 1 aromatic heterocycles. The zero-order valence-corrected chi connectivity index (χ0v) is 19.2. The molecule has 1 aromatic carbocycles. The van der Waals surface area contributed by atoms with Gasteiger partial charge in [0.25, 0.3) is 5.91 Å². The van der Waals surface area contributed by atoms with E-state index in [2.05, 4.69) is 27.0 Å². The number of carbonyl (C=O) groups is 3. The molecule has 32 heavy (non-hydrogen) atoms. The molecule has 1 aliphatic heterocycles. The molecule has 0 aliphatic carbocycles. The molecule has 3 amide bonds. The van der Waals surface area contributed by atoms with Gasteiger partial charge in [0.1, 0.15) is 17.8 Å². The summed E-state index contributed by atoms with van der Waals surface area (Å²) in [6.45, 7) is 6.47. The topological polar surface area (TPSA) is 127 Å². The van der Waals surface area contributed by atoms with Gasteiger partial charge in [0.2, 0.25) is 11.8 Å². The molecular formula is C23H28ClN5O3. The van der Waals surface area contributed by atoms with Crippen LogP contribution in [-0.4, -0.2) is 41.3 Å². The Kier molecular flexibility index (Phi) is 7.09. The lowest BCUT2D eigenvalue weighted by molar-refractivity contribution is -0.125. The zero-order valence-electron chi connectivity index (χ0n) is 18.4. The number of rotatable bonds is 7. The van der Waals surface area contributed by atoms with Gasteiger partial charge in [-0.3, -0.25) is 14.4 Å². The average Bonchev–Trinajstić information content (AvgIpc) is 3.33. The van der Waals surface area contributed by atoms with Gasteiger partial charge in [0, 0.05) is 28.4 Å². The van der Waals surface area contributed by atoms with E-state index < -0.39 is 23.9 Å². The van der Waals surface area contributed by atoms with Crippen LogP contribution in [0.3, 0.4) is 0 Å². The zero-order chi connectivity index (χ0) is 23.5. The van der Waals surface area contributed by atoms with Crippen molar-refractivity contribution >= 4 is 40.2 Å². The monoisotopic (exact) mass is 457 g/mol. The standard InChI is InChI=1S/C23H28ClN5O3/c1-23(2,3)11-19(22(32)27-14(12-25)9-13-7-8-26-20(13)30)29-21(31)18-10-15-16(24)5-4-6-17(15)28-18/h4-6,10,13-14,19,28H,7-9,11H2,1-3H3,(H,26,30)(H,27,32)(H,29,31)/t13-,14-,19-/m0/s1. The van der Waals surface area contributed by atoms with Gasteiger partial charge in [-0.05, 0) is 42.9 Å². The number of benzene rings is 1. The highest BCUT2D eigenvalue weighted by molar-refractivity contribution is 6.35. The Morgan fingerprint density at radius 1 is 1.31 bits per heavy atom. The number of carbonyl (C=O) groups excluding carboxylic acids is 3. The maximum absolute atomic E-state index is 13.0. The number of halogens is 1. The second kappa shape index (κ2) is 9.61. The fourth-order valence-electron chi connectivity index (χ4n) is 3.87. The van der Waals surface area contributed by atoms with Crippen molar-refractivity contribution in [2.24, 2.45) is 11.3 Å². The van der Waals surface area contributed by atoms with Crippen LogP contribution >= 0.6 is 11.6 Å².